The van der Waals surface area contributed by atoms with Crippen LogP contribution < -0.4 is 5.32 Å². The fourth-order valence-electron chi connectivity index (χ4n) is 1.46. The fourth-order valence-corrected chi connectivity index (χ4v) is 1.46. The molecule has 1 heterocycles. The highest BCUT2D eigenvalue weighted by atomic mass is 16.6. The molecule has 0 spiro atoms. The molecule has 1 amide bonds. The molecule has 0 unspecified atom stereocenters. The van der Waals surface area contributed by atoms with Gasteiger partial charge in [0, 0.05) is 6.20 Å². The summed E-state index contributed by atoms with van der Waals surface area (Å²) in [6.45, 7) is 13.4. The fraction of sp³-hybridized carbons (Fsp3) is 0.250. The van der Waals surface area contributed by atoms with Crippen LogP contribution in [0.1, 0.15) is 26.3 Å². The predicted molar refractivity (Wildman–Crippen MR) is 81.5 cm³/mol. The van der Waals surface area contributed by atoms with Crippen LogP contribution in [0.5, 0.6) is 0 Å². The van der Waals surface area contributed by atoms with Crippen LogP contribution in [0.3, 0.4) is 0 Å². The Morgan fingerprint density at radius 2 is 2.10 bits per heavy atom. The van der Waals surface area contributed by atoms with Crippen molar-refractivity contribution in [3.05, 3.63) is 61.0 Å². The standard InChI is InChI=1S/C16H20N2O2/c1-6-8-13(7-2)20-15(19)18-14-11-12(9-10-17-14)16(3,4)5/h6-11H,1-2H2,3-5H3,(H,17,18,19)/b13-8+. The average molecular weight is 272 g/mol. The number of hydrogen-bond donors (Lipinski definition) is 1. The molecule has 1 aromatic rings. The number of ether oxygens (including phenoxy) is 1. The van der Waals surface area contributed by atoms with Crippen molar-refractivity contribution in [1.82, 2.24) is 4.98 Å². The molecule has 20 heavy (non-hydrogen) atoms. The third kappa shape index (κ3) is 4.72. The number of anilines is 1. The molecule has 0 aromatic carbocycles. The number of carbonyl (C=O) groups excluding carboxylic acids is 1. The van der Waals surface area contributed by atoms with Gasteiger partial charge in [0.2, 0.25) is 0 Å². The van der Waals surface area contributed by atoms with E-state index in [9.17, 15) is 4.79 Å². The summed E-state index contributed by atoms with van der Waals surface area (Å²) >= 11 is 0. The first-order valence-corrected chi connectivity index (χ1v) is 6.27. The van der Waals surface area contributed by atoms with E-state index < -0.39 is 6.09 Å². The number of aromatic nitrogens is 1. The second kappa shape index (κ2) is 6.70. The molecule has 0 saturated heterocycles. The van der Waals surface area contributed by atoms with Crippen molar-refractivity contribution in [3.8, 4) is 0 Å². The lowest BCUT2D eigenvalue weighted by Gasteiger charge is -2.19. The SMILES string of the molecule is C=C/C=C(\C=C)OC(=O)Nc1cc(C(C)(C)C)ccn1. The highest BCUT2D eigenvalue weighted by Gasteiger charge is 2.15. The Bertz CT molecular complexity index is 540. The van der Waals surface area contributed by atoms with Crippen molar-refractivity contribution in [2.24, 2.45) is 0 Å². The van der Waals surface area contributed by atoms with Crippen molar-refractivity contribution < 1.29 is 9.53 Å². The molecule has 0 saturated carbocycles. The summed E-state index contributed by atoms with van der Waals surface area (Å²) in [5.74, 6) is 0.772. The van der Waals surface area contributed by atoms with Gasteiger partial charge in [-0.2, -0.15) is 0 Å². The molecular formula is C16H20N2O2. The molecule has 4 nitrogen and oxygen atoms in total. The second-order valence-electron chi connectivity index (χ2n) is 5.20. The highest BCUT2D eigenvalue weighted by Crippen LogP contribution is 2.23. The molecule has 4 heteroatoms. The molecule has 106 valence electrons. The van der Waals surface area contributed by atoms with Gasteiger partial charge in [-0.3, -0.25) is 5.32 Å². The molecule has 1 N–H and O–H groups in total. The lowest BCUT2D eigenvalue weighted by Crippen LogP contribution is -2.16. The number of nitrogens with zero attached hydrogens (tertiary/aromatic N) is 1. The van der Waals surface area contributed by atoms with Crippen molar-refractivity contribution in [2.75, 3.05) is 5.32 Å². The number of hydrogen-bond acceptors (Lipinski definition) is 3. The molecule has 1 rings (SSSR count). The number of rotatable bonds is 4. The molecule has 0 aliphatic rings. The maximum Gasteiger partial charge on any atom is 0.418 e. The van der Waals surface area contributed by atoms with Crippen LogP contribution in [0.15, 0.2) is 55.5 Å². The quantitative estimate of drug-likeness (QED) is 0.660. The van der Waals surface area contributed by atoms with E-state index >= 15 is 0 Å². The van der Waals surface area contributed by atoms with Crippen molar-refractivity contribution in [3.63, 3.8) is 0 Å². The van der Waals surface area contributed by atoms with Gasteiger partial charge in [-0.15, -0.1) is 0 Å². The van der Waals surface area contributed by atoms with Gasteiger partial charge in [0.1, 0.15) is 11.6 Å². The summed E-state index contributed by atoms with van der Waals surface area (Å²) in [6.07, 6.45) is 5.54. The minimum absolute atomic E-state index is 0.0156. The first kappa shape index (κ1) is 15.7. The maximum atomic E-state index is 11.7. The van der Waals surface area contributed by atoms with Crippen LogP contribution in [0.2, 0.25) is 0 Å². The zero-order valence-electron chi connectivity index (χ0n) is 12.1. The second-order valence-corrected chi connectivity index (χ2v) is 5.20. The Balaban J connectivity index is 2.79. The maximum absolute atomic E-state index is 11.7. The van der Waals surface area contributed by atoms with E-state index in [0.29, 0.717) is 11.6 Å². The summed E-state index contributed by atoms with van der Waals surface area (Å²) in [5.41, 5.74) is 1.06. The zero-order valence-corrected chi connectivity index (χ0v) is 12.1. The lowest BCUT2D eigenvalue weighted by molar-refractivity contribution is 0.194. The molecular weight excluding hydrogens is 252 g/mol. The van der Waals surface area contributed by atoms with E-state index in [4.69, 9.17) is 4.74 Å². The van der Waals surface area contributed by atoms with Crippen molar-refractivity contribution in [2.45, 2.75) is 26.2 Å². The topological polar surface area (TPSA) is 51.2 Å². The minimum atomic E-state index is -0.614. The van der Waals surface area contributed by atoms with Crippen LogP contribution >= 0.6 is 0 Å². The molecule has 0 atom stereocenters. The number of nitrogens with one attached hydrogen (secondary N) is 1. The Morgan fingerprint density at radius 1 is 1.40 bits per heavy atom. The highest BCUT2D eigenvalue weighted by molar-refractivity contribution is 5.84. The van der Waals surface area contributed by atoms with E-state index in [1.807, 2.05) is 12.1 Å². The van der Waals surface area contributed by atoms with E-state index in [2.05, 4.69) is 44.2 Å². The number of carbonyl (C=O) groups is 1. The van der Waals surface area contributed by atoms with Crippen LogP contribution in [-0.4, -0.2) is 11.1 Å². The Kier molecular flexibility index (Phi) is 5.26. The van der Waals surface area contributed by atoms with Gasteiger partial charge in [-0.1, -0.05) is 40.0 Å². The minimum Gasteiger partial charge on any atom is -0.410 e. The third-order valence-electron chi connectivity index (χ3n) is 2.55. The van der Waals surface area contributed by atoms with Crippen molar-refractivity contribution in [1.29, 1.82) is 0 Å². The normalized spacial score (nSPS) is 11.7. The summed E-state index contributed by atoms with van der Waals surface area (Å²) < 4.78 is 5.05. The molecule has 0 bridgehead atoms. The van der Waals surface area contributed by atoms with Gasteiger partial charge >= 0.3 is 6.09 Å². The zero-order chi connectivity index (χ0) is 15.2. The largest absolute Gasteiger partial charge is 0.418 e. The lowest BCUT2D eigenvalue weighted by atomic mass is 9.88. The van der Waals surface area contributed by atoms with Gasteiger partial charge in [-0.25, -0.2) is 9.78 Å². The smallest absolute Gasteiger partial charge is 0.410 e. The third-order valence-corrected chi connectivity index (χ3v) is 2.55. The van der Waals surface area contributed by atoms with Crippen LogP contribution in [-0.2, 0) is 10.2 Å². The van der Waals surface area contributed by atoms with Crippen LogP contribution in [0, 0.1) is 0 Å². The van der Waals surface area contributed by atoms with E-state index in [1.54, 1.807) is 12.3 Å². The molecule has 1 aromatic heterocycles. The first-order chi connectivity index (χ1) is 9.36. The number of allylic oxidation sites excluding steroid dienone is 3. The van der Waals surface area contributed by atoms with Gasteiger partial charge in [0.05, 0.1) is 0 Å². The summed E-state index contributed by atoms with van der Waals surface area (Å²) in [5, 5.41) is 2.58. The average Bonchev–Trinajstić information content (AvgIpc) is 2.37. The number of pyridine rings is 1. The van der Waals surface area contributed by atoms with Gasteiger partial charge in [0.15, 0.2) is 0 Å². The summed E-state index contributed by atoms with van der Waals surface area (Å²) in [7, 11) is 0. The number of amides is 1. The van der Waals surface area contributed by atoms with Gasteiger partial charge in [-0.05, 0) is 35.3 Å². The first-order valence-electron chi connectivity index (χ1n) is 6.27. The van der Waals surface area contributed by atoms with E-state index in [-0.39, 0.29) is 5.41 Å². The van der Waals surface area contributed by atoms with Crippen LogP contribution in [0.4, 0.5) is 10.6 Å². The predicted octanol–water partition coefficient (Wildman–Crippen LogP) is 4.18. The molecule has 0 fully saturated rings. The van der Waals surface area contributed by atoms with E-state index in [1.165, 1.54) is 12.2 Å². The Morgan fingerprint density at radius 3 is 2.65 bits per heavy atom. The molecule has 0 aliphatic heterocycles. The van der Waals surface area contributed by atoms with Crippen LogP contribution in [0.25, 0.3) is 0 Å². The van der Waals surface area contributed by atoms with E-state index in [0.717, 1.165) is 5.56 Å². The van der Waals surface area contributed by atoms with Gasteiger partial charge < -0.3 is 4.74 Å². The van der Waals surface area contributed by atoms with Gasteiger partial charge in [0.25, 0.3) is 0 Å². The van der Waals surface area contributed by atoms with Crippen molar-refractivity contribution >= 4 is 11.9 Å². The molecule has 0 radical (unpaired) electrons. The Labute approximate surface area is 119 Å². The molecule has 0 aliphatic carbocycles. The summed E-state index contributed by atoms with van der Waals surface area (Å²) in [6, 6.07) is 3.75. The Hall–Kier alpha value is -2.36. The monoisotopic (exact) mass is 272 g/mol. The summed E-state index contributed by atoms with van der Waals surface area (Å²) in [4.78, 5) is 15.8.